The quantitative estimate of drug-likeness (QED) is 0.858. The molecular weight excluding hydrogens is 298 g/mol. The molecule has 1 aromatic heterocycles. The van der Waals surface area contributed by atoms with E-state index in [9.17, 15) is 4.79 Å². The van der Waals surface area contributed by atoms with Crippen molar-refractivity contribution in [3.05, 3.63) is 41.5 Å². The van der Waals surface area contributed by atoms with Gasteiger partial charge in [-0.3, -0.25) is 4.79 Å². The van der Waals surface area contributed by atoms with Crippen LogP contribution in [0.3, 0.4) is 0 Å². The van der Waals surface area contributed by atoms with E-state index in [-0.39, 0.29) is 17.9 Å². The van der Waals surface area contributed by atoms with Crippen LogP contribution in [0.4, 0.5) is 5.69 Å². The molecule has 120 valence electrons. The minimum Gasteiger partial charge on any atom is -0.463 e. The number of nitrogens with two attached hydrogens (primary N) is 1. The number of aromatic nitrogens is 2. The molecule has 8 nitrogen and oxygen atoms in total. The maximum absolute atomic E-state index is 11.9. The van der Waals surface area contributed by atoms with Crippen molar-refractivity contribution < 1.29 is 14.1 Å². The number of rotatable bonds is 5. The maximum Gasteiger partial charge on any atom is 0.297 e. The number of aliphatic imine (C=N–C) groups is 1. The number of amides is 1. The molecule has 3 rings (SSSR count). The summed E-state index contributed by atoms with van der Waals surface area (Å²) in [5.74, 6) is -0.0320. The van der Waals surface area contributed by atoms with Crippen molar-refractivity contribution >= 4 is 17.6 Å². The van der Waals surface area contributed by atoms with Gasteiger partial charge in [-0.2, -0.15) is 4.98 Å². The second kappa shape index (κ2) is 6.47. The van der Waals surface area contributed by atoms with Gasteiger partial charge in [0.2, 0.25) is 5.89 Å². The van der Waals surface area contributed by atoms with Gasteiger partial charge in [-0.1, -0.05) is 17.3 Å². The Labute approximate surface area is 132 Å². The van der Waals surface area contributed by atoms with E-state index in [1.54, 1.807) is 6.92 Å². The molecule has 1 amide bonds. The summed E-state index contributed by atoms with van der Waals surface area (Å²) in [6.07, 6.45) is 1.73. The summed E-state index contributed by atoms with van der Waals surface area (Å²) < 4.78 is 9.90. The minimum absolute atomic E-state index is 0.0169. The van der Waals surface area contributed by atoms with Gasteiger partial charge in [0.25, 0.3) is 17.8 Å². The molecule has 1 aliphatic rings. The highest BCUT2D eigenvalue weighted by atomic mass is 16.5. The van der Waals surface area contributed by atoms with Crippen molar-refractivity contribution in [2.75, 3.05) is 11.9 Å². The molecule has 0 bridgehead atoms. The van der Waals surface area contributed by atoms with Gasteiger partial charge in [-0.15, -0.1) is 0 Å². The third-order valence-corrected chi connectivity index (χ3v) is 3.44. The van der Waals surface area contributed by atoms with Gasteiger partial charge in [-0.25, -0.2) is 4.99 Å². The number of aryl methyl sites for hydroxylation is 2. The first-order valence-electron chi connectivity index (χ1n) is 7.27. The minimum atomic E-state index is -0.400. The van der Waals surface area contributed by atoms with Crippen LogP contribution in [0.25, 0.3) is 0 Å². The fraction of sp³-hybridized carbons (Fsp3) is 0.333. The summed E-state index contributed by atoms with van der Waals surface area (Å²) in [5, 5.41) is 6.30. The predicted molar refractivity (Wildman–Crippen MR) is 83.1 cm³/mol. The van der Waals surface area contributed by atoms with Gasteiger partial charge in [0.05, 0.1) is 6.04 Å². The summed E-state index contributed by atoms with van der Waals surface area (Å²) in [5.41, 5.74) is 7.31. The molecule has 0 radical (unpaired) electrons. The average Bonchev–Trinajstić information content (AvgIpc) is 3.15. The normalized spacial score (nSPS) is 16.7. The first-order chi connectivity index (χ1) is 11.1. The lowest BCUT2D eigenvalue weighted by Crippen LogP contribution is -2.13. The SMILES string of the molecule is Cc1nc(C(=O)Nc2ccc(CCC3COC(N)=N3)cc2)no1. The summed E-state index contributed by atoms with van der Waals surface area (Å²) in [7, 11) is 0. The molecule has 2 heterocycles. The van der Waals surface area contributed by atoms with Crippen LogP contribution in [0.1, 0.15) is 28.5 Å². The summed E-state index contributed by atoms with van der Waals surface area (Å²) in [6, 6.07) is 7.98. The van der Waals surface area contributed by atoms with E-state index in [4.69, 9.17) is 15.0 Å². The van der Waals surface area contributed by atoms with E-state index in [1.807, 2.05) is 24.3 Å². The zero-order valence-corrected chi connectivity index (χ0v) is 12.7. The third-order valence-electron chi connectivity index (χ3n) is 3.44. The third kappa shape index (κ3) is 3.85. The second-order valence-electron chi connectivity index (χ2n) is 5.26. The zero-order valence-electron chi connectivity index (χ0n) is 12.7. The molecular formula is C15H17N5O3. The van der Waals surface area contributed by atoms with Crippen LogP contribution in [-0.4, -0.2) is 34.7 Å². The van der Waals surface area contributed by atoms with Crippen LogP contribution >= 0.6 is 0 Å². The molecule has 0 saturated heterocycles. The number of carbonyl (C=O) groups is 1. The number of benzene rings is 1. The lowest BCUT2D eigenvalue weighted by molar-refractivity contribution is 0.101. The lowest BCUT2D eigenvalue weighted by Gasteiger charge is -2.07. The Hall–Kier alpha value is -2.90. The number of anilines is 1. The van der Waals surface area contributed by atoms with Gasteiger partial charge in [0.15, 0.2) is 0 Å². The molecule has 1 atom stereocenters. The van der Waals surface area contributed by atoms with E-state index < -0.39 is 5.91 Å². The Kier molecular flexibility index (Phi) is 4.22. The highest BCUT2D eigenvalue weighted by molar-refractivity contribution is 6.01. The van der Waals surface area contributed by atoms with Crippen molar-refractivity contribution in [2.45, 2.75) is 25.8 Å². The molecule has 1 aromatic carbocycles. The van der Waals surface area contributed by atoms with E-state index in [0.29, 0.717) is 18.2 Å². The van der Waals surface area contributed by atoms with Crippen molar-refractivity contribution in [3.63, 3.8) is 0 Å². The largest absolute Gasteiger partial charge is 0.463 e. The van der Waals surface area contributed by atoms with E-state index in [1.165, 1.54) is 0 Å². The molecule has 0 saturated carbocycles. The molecule has 8 heteroatoms. The van der Waals surface area contributed by atoms with Crippen LogP contribution in [0.2, 0.25) is 0 Å². The van der Waals surface area contributed by atoms with Crippen LogP contribution < -0.4 is 11.1 Å². The Morgan fingerprint density at radius 3 is 2.78 bits per heavy atom. The number of amidine groups is 1. The highest BCUT2D eigenvalue weighted by Gasteiger charge is 2.16. The number of ether oxygens (including phenoxy) is 1. The number of hydrogen-bond donors (Lipinski definition) is 2. The number of nitrogens with zero attached hydrogens (tertiary/aromatic N) is 3. The molecule has 23 heavy (non-hydrogen) atoms. The monoisotopic (exact) mass is 315 g/mol. The Morgan fingerprint density at radius 2 is 2.17 bits per heavy atom. The van der Waals surface area contributed by atoms with Crippen molar-refractivity contribution in [1.82, 2.24) is 10.1 Å². The van der Waals surface area contributed by atoms with Crippen LogP contribution in [0.15, 0.2) is 33.8 Å². The fourth-order valence-electron chi connectivity index (χ4n) is 2.25. The molecule has 3 N–H and O–H groups in total. The van der Waals surface area contributed by atoms with Crippen LogP contribution in [-0.2, 0) is 11.2 Å². The van der Waals surface area contributed by atoms with Gasteiger partial charge in [0.1, 0.15) is 6.61 Å². The van der Waals surface area contributed by atoms with Crippen molar-refractivity contribution in [2.24, 2.45) is 10.7 Å². The lowest BCUT2D eigenvalue weighted by atomic mass is 10.1. The number of carbonyl (C=O) groups excluding carboxylic acids is 1. The number of nitrogens with one attached hydrogen (secondary N) is 1. The summed E-state index contributed by atoms with van der Waals surface area (Å²) >= 11 is 0. The Bertz CT molecular complexity index is 723. The van der Waals surface area contributed by atoms with Crippen molar-refractivity contribution in [3.8, 4) is 0 Å². The second-order valence-corrected chi connectivity index (χ2v) is 5.26. The van der Waals surface area contributed by atoms with Gasteiger partial charge in [-0.05, 0) is 30.5 Å². The molecule has 1 unspecified atom stereocenters. The zero-order chi connectivity index (χ0) is 16.2. The van der Waals surface area contributed by atoms with E-state index in [2.05, 4.69) is 20.4 Å². The molecule has 0 spiro atoms. The maximum atomic E-state index is 11.9. The van der Waals surface area contributed by atoms with Gasteiger partial charge < -0.3 is 20.3 Å². The van der Waals surface area contributed by atoms with Crippen molar-refractivity contribution in [1.29, 1.82) is 0 Å². The Morgan fingerprint density at radius 1 is 1.39 bits per heavy atom. The summed E-state index contributed by atoms with van der Waals surface area (Å²) in [4.78, 5) is 20.0. The first-order valence-corrected chi connectivity index (χ1v) is 7.27. The predicted octanol–water partition coefficient (Wildman–Crippen LogP) is 1.28. The fourth-order valence-corrected chi connectivity index (χ4v) is 2.25. The first kappa shape index (κ1) is 15.0. The standard InChI is InChI=1S/C15H17N5O3/c1-9-17-13(20-23-9)14(21)18-11-5-2-10(3-6-11)4-7-12-8-22-15(16)19-12/h2-3,5-6,12H,4,7-8H2,1H3,(H2,16,19)(H,18,21). The molecule has 2 aromatic rings. The summed E-state index contributed by atoms with van der Waals surface area (Å²) in [6.45, 7) is 2.18. The Balaban J connectivity index is 1.53. The topological polar surface area (TPSA) is 116 Å². The molecule has 0 fully saturated rings. The number of hydrogen-bond acceptors (Lipinski definition) is 7. The van der Waals surface area contributed by atoms with E-state index >= 15 is 0 Å². The molecule has 0 aliphatic carbocycles. The van der Waals surface area contributed by atoms with Crippen LogP contribution in [0.5, 0.6) is 0 Å². The van der Waals surface area contributed by atoms with E-state index in [0.717, 1.165) is 18.4 Å². The molecule has 1 aliphatic heterocycles. The average molecular weight is 315 g/mol. The van der Waals surface area contributed by atoms with Gasteiger partial charge in [0, 0.05) is 12.6 Å². The highest BCUT2D eigenvalue weighted by Crippen LogP contribution is 2.15. The van der Waals surface area contributed by atoms with Crippen LogP contribution in [0, 0.1) is 6.92 Å². The van der Waals surface area contributed by atoms with Gasteiger partial charge >= 0.3 is 0 Å². The smallest absolute Gasteiger partial charge is 0.297 e.